The minimum absolute atomic E-state index is 0.184. The number of nitrogens with one attached hydrogen (secondary N) is 1. The zero-order valence-corrected chi connectivity index (χ0v) is 17.1. The molecule has 1 amide bonds. The number of carbonyl (C=O) groups is 1. The lowest BCUT2D eigenvalue weighted by Gasteiger charge is -2.07. The normalized spacial score (nSPS) is 11.6. The molecule has 0 bridgehead atoms. The Morgan fingerprint density at radius 1 is 1.25 bits per heavy atom. The Labute approximate surface area is 172 Å². The van der Waals surface area contributed by atoms with Crippen molar-refractivity contribution in [2.45, 2.75) is 0 Å². The number of fused-ring (bicyclic) bond motifs is 1. The molecule has 0 fully saturated rings. The number of hydrogen-bond donors (Lipinski definition) is 1. The second kappa shape index (κ2) is 7.95. The van der Waals surface area contributed by atoms with E-state index in [1.54, 1.807) is 30.8 Å². The zero-order valence-electron chi connectivity index (χ0n) is 14.7. The molecule has 0 spiro atoms. The lowest BCUT2D eigenvalue weighted by atomic mass is 10.1. The monoisotopic (exact) mass is 455 g/mol. The summed E-state index contributed by atoms with van der Waals surface area (Å²) in [6, 6.07) is 14.6. The number of benzene rings is 2. The van der Waals surface area contributed by atoms with E-state index in [2.05, 4.69) is 31.2 Å². The lowest BCUT2D eigenvalue weighted by Crippen LogP contribution is -2.21. The fourth-order valence-electron chi connectivity index (χ4n) is 2.64. The van der Waals surface area contributed by atoms with Crippen LogP contribution >= 0.6 is 27.3 Å². The summed E-state index contributed by atoms with van der Waals surface area (Å²) in [5.41, 5.74) is 1.65. The summed E-state index contributed by atoms with van der Waals surface area (Å²) in [4.78, 5) is 21.5. The molecule has 8 heteroatoms. The average molecular weight is 456 g/mol. The maximum Gasteiger partial charge on any atom is 0.262 e. The van der Waals surface area contributed by atoms with Crippen molar-refractivity contribution in [3.05, 3.63) is 75.7 Å². The molecule has 0 unspecified atom stereocenters. The van der Waals surface area contributed by atoms with E-state index in [1.807, 2.05) is 36.4 Å². The van der Waals surface area contributed by atoms with Gasteiger partial charge in [0.25, 0.3) is 5.91 Å². The molecule has 0 radical (unpaired) electrons. The van der Waals surface area contributed by atoms with E-state index in [0.717, 1.165) is 9.86 Å². The summed E-state index contributed by atoms with van der Waals surface area (Å²) in [7, 11) is 1.57. The molecule has 2 aromatic carbocycles. The highest BCUT2D eigenvalue weighted by Gasteiger charge is 2.15. The largest absolute Gasteiger partial charge is 0.493 e. The number of halogens is 1. The zero-order chi connectivity index (χ0) is 19.5. The van der Waals surface area contributed by atoms with Gasteiger partial charge in [-0.2, -0.15) is 0 Å². The summed E-state index contributed by atoms with van der Waals surface area (Å²) < 4.78 is 12.3. The molecule has 0 aliphatic rings. The van der Waals surface area contributed by atoms with E-state index in [9.17, 15) is 4.79 Å². The Kier molecular flexibility index (Phi) is 5.23. The van der Waals surface area contributed by atoms with Gasteiger partial charge in [-0.1, -0.05) is 34.1 Å². The highest BCUT2D eigenvalue weighted by atomic mass is 79.9. The molecular formula is C20H14BrN3O3S. The minimum atomic E-state index is -0.350. The van der Waals surface area contributed by atoms with Crippen LogP contribution in [0.3, 0.4) is 0 Å². The number of para-hydroxylation sites is 1. The average Bonchev–Trinajstić information content (AvgIpc) is 3.20. The first-order valence-electron chi connectivity index (χ1n) is 8.26. The van der Waals surface area contributed by atoms with Gasteiger partial charge in [0.2, 0.25) is 5.55 Å². The van der Waals surface area contributed by atoms with Gasteiger partial charge in [0, 0.05) is 21.4 Å². The highest BCUT2D eigenvalue weighted by molar-refractivity contribution is 9.10. The van der Waals surface area contributed by atoms with Crippen LogP contribution in [0.4, 0.5) is 10.8 Å². The molecule has 140 valence electrons. The Balaban J connectivity index is 1.92. The van der Waals surface area contributed by atoms with Gasteiger partial charge < -0.3 is 9.15 Å². The van der Waals surface area contributed by atoms with Crippen molar-refractivity contribution in [3.63, 3.8) is 0 Å². The number of hydrogen-bond acceptors (Lipinski definition) is 6. The van der Waals surface area contributed by atoms with Crippen molar-refractivity contribution in [1.29, 1.82) is 0 Å². The van der Waals surface area contributed by atoms with Crippen LogP contribution in [0.2, 0.25) is 0 Å². The van der Waals surface area contributed by atoms with Crippen LogP contribution in [-0.2, 0) is 0 Å². The molecule has 0 saturated carbocycles. The quantitative estimate of drug-likeness (QED) is 0.461. The van der Waals surface area contributed by atoms with E-state index >= 15 is 0 Å². The van der Waals surface area contributed by atoms with Crippen molar-refractivity contribution in [2.75, 3.05) is 12.4 Å². The molecule has 2 heterocycles. The first-order chi connectivity index (χ1) is 13.6. The SMILES string of the molecule is COc1cccc2cc(C(=O)Nc3nccs3)c(=Nc3cccc(Br)c3)oc12. The summed E-state index contributed by atoms with van der Waals surface area (Å²) in [5, 5.41) is 5.80. The van der Waals surface area contributed by atoms with Gasteiger partial charge in [-0.05, 0) is 30.3 Å². The van der Waals surface area contributed by atoms with E-state index in [0.29, 0.717) is 27.7 Å². The molecule has 4 rings (SSSR count). The molecule has 0 saturated heterocycles. The number of thiazole rings is 1. The van der Waals surface area contributed by atoms with Crippen LogP contribution in [0.15, 0.2) is 74.0 Å². The van der Waals surface area contributed by atoms with Crippen molar-refractivity contribution in [3.8, 4) is 5.75 Å². The number of amides is 1. The predicted octanol–water partition coefficient (Wildman–Crippen LogP) is 5.15. The van der Waals surface area contributed by atoms with Gasteiger partial charge in [0.05, 0.1) is 12.8 Å². The number of nitrogens with zero attached hydrogens (tertiary/aromatic N) is 2. The van der Waals surface area contributed by atoms with Gasteiger partial charge in [0.15, 0.2) is 16.5 Å². The van der Waals surface area contributed by atoms with E-state index < -0.39 is 0 Å². The molecule has 0 atom stereocenters. The van der Waals surface area contributed by atoms with Gasteiger partial charge in [-0.25, -0.2) is 9.98 Å². The number of methoxy groups -OCH3 is 1. The number of aromatic nitrogens is 1. The highest BCUT2D eigenvalue weighted by Crippen LogP contribution is 2.25. The van der Waals surface area contributed by atoms with Crippen molar-refractivity contribution >= 4 is 55.0 Å². The second-order valence-corrected chi connectivity index (χ2v) is 7.54. The fourth-order valence-corrected chi connectivity index (χ4v) is 3.55. The Hall–Kier alpha value is -2.97. The molecule has 28 heavy (non-hydrogen) atoms. The van der Waals surface area contributed by atoms with Crippen LogP contribution in [-0.4, -0.2) is 18.0 Å². The minimum Gasteiger partial charge on any atom is -0.493 e. The summed E-state index contributed by atoms with van der Waals surface area (Å²) in [5.74, 6) is 0.215. The van der Waals surface area contributed by atoms with Gasteiger partial charge in [-0.3, -0.25) is 10.1 Å². The number of ether oxygens (including phenoxy) is 1. The van der Waals surface area contributed by atoms with Crippen LogP contribution in [0.1, 0.15) is 10.4 Å². The molecule has 2 aromatic heterocycles. The first-order valence-corrected chi connectivity index (χ1v) is 9.93. The Bertz CT molecular complexity index is 1220. The van der Waals surface area contributed by atoms with Crippen molar-refractivity contribution in [2.24, 2.45) is 4.99 Å². The number of rotatable bonds is 4. The Morgan fingerprint density at radius 3 is 2.86 bits per heavy atom. The van der Waals surface area contributed by atoms with Gasteiger partial charge >= 0.3 is 0 Å². The van der Waals surface area contributed by atoms with Crippen LogP contribution in [0.25, 0.3) is 11.0 Å². The van der Waals surface area contributed by atoms with E-state index in [-0.39, 0.29) is 11.5 Å². The maximum absolute atomic E-state index is 12.9. The Morgan fingerprint density at radius 2 is 2.11 bits per heavy atom. The third-order valence-corrected chi connectivity index (χ3v) is 5.08. The molecule has 6 nitrogen and oxygen atoms in total. The van der Waals surface area contributed by atoms with E-state index in [1.165, 1.54) is 11.3 Å². The first kappa shape index (κ1) is 18.4. The smallest absolute Gasteiger partial charge is 0.262 e. The van der Waals surface area contributed by atoms with Gasteiger partial charge in [-0.15, -0.1) is 11.3 Å². The van der Waals surface area contributed by atoms with Crippen LogP contribution in [0, 0.1) is 0 Å². The third kappa shape index (κ3) is 3.83. The van der Waals surface area contributed by atoms with Crippen LogP contribution in [0.5, 0.6) is 5.75 Å². The molecule has 0 aliphatic carbocycles. The lowest BCUT2D eigenvalue weighted by molar-refractivity contribution is 0.102. The fraction of sp³-hybridized carbons (Fsp3) is 0.0500. The maximum atomic E-state index is 12.9. The number of carbonyl (C=O) groups excluding carboxylic acids is 1. The molecule has 0 aliphatic heterocycles. The third-order valence-electron chi connectivity index (χ3n) is 3.89. The summed E-state index contributed by atoms with van der Waals surface area (Å²) in [6.07, 6.45) is 1.63. The summed E-state index contributed by atoms with van der Waals surface area (Å²) >= 11 is 4.77. The topological polar surface area (TPSA) is 76.7 Å². The molecular weight excluding hydrogens is 442 g/mol. The molecule has 4 aromatic rings. The van der Waals surface area contributed by atoms with Crippen LogP contribution < -0.4 is 15.6 Å². The van der Waals surface area contributed by atoms with E-state index in [4.69, 9.17) is 9.15 Å². The summed E-state index contributed by atoms with van der Waals surface area (Å²) in [6.45, 7) is 0. The number of anilines is 1. The van der Waals surface area contributed by atoms with Gasteiger partial charge in [0.1, 0.15) is 5.56 Å². The standard InChI is InChI=1S/C20H14BrN3O3S/c1-26-16-7-2-4-12-10-15(18(25)24-20-22-8-9-28-20)19(27-17(12)16)23-14-6-3-5-13(21)11-14/h2-11H,1H3,(H,22,24,25). The molecule has 1 N–H and O–H groups in total. The van der Waals surface area contributed by atoms with Crippen molar-refractivity contribution < 1.29 is 13.9 Å². The van der Waals surface area contributed by atoms with Crippen molar-refractivity contribution in [1.82, 2.24) is 4.98 Å². The second-order valence-electron chi connectivity index (χ2n) is 5.73. The predicted molar refractivity (Wildman–Crippen MR) is 112 cm³/mol.